The molecule has 0 fully saturated rings. The normalized spacial score (nSPS) is 11.5. The Morgan fingerprint density at radius 1 is 1.32 bits per heavy atom. The molecule has 3 N–H and O–H groups in total. The zero-order valence-electron chi connectivity index (χ0n) is 10.8. The predicted octanol–water partition coefficient (Wildman–Crippen LogP) is 2.37. The molecule has 0 amide bonds. The van der Waals surface area contributed by atoms with Gasteiger partial charge in [0.15, 0.2) is 11.6 Å². The van der Waals surface area contributed by atoms with Crippen LogP contribution in [0.3, 0.4) is 0 Å². The zero-order valence-corrected chi connectivity index (χ0v) is 10.8. The number of nitrogens with two attached hydrogens (primary N) is 1. The Morgan fingerprint density at radius 2 is 2.16 bits per heavy atom. The first kappa shape index (κ1) is 11.8. The van der Waals surface area contributed by atoms with Crippen molar-refractivity contribution in [2.24, 2.45) is 0 Å². The highest BCUT2D eigenvalue weighted by atomic mass is 16.5. The summed E-state index contributed by atoms with van der Waals surface area (Å²) in [7, 11) is 2.04. The maximum Gasteiger partial charge on any atom is 0.167 e. The standard InChI is InChI=1S/C14H16N4O/c1-18(9-11-6-14(15)17-19-11)8-10-7-16-13-5-3-2-4-12(10)13/h2-7,16H,8-9H2,1H3,(H2,15,17). The highest BCUT2D eigenvalue weighted by Gasteiger charge is 2.09. The van der Waals surface area contributed by atoms with E-state index in [0.717, 1.165) is 17.8 Å². The lowest BCUT2D eigenvalue weighted by Gasteiger charge is -2.13. The van der Waals surface area contributed by atoms with Gasteiger partial charge in [0.25, 0.3) is 0 Å². The van der Waals surface area contributed by atoms with Gasteiger partial charge in [-0.15, -0.1) is 0 Å². The van der Waals surface area contributed by atoms with Crippen LogP contribution in [-0.4, -0.2) is 22.1 Å². The summed E-state index contributed by atoms with van der Waals surface area (Å²) in [5.41, 5.74) is 7.97. The number of nitrogens with zero attached hydrogens (tertiary/aromatic N) is 2. The Labute approximate surface area is 111 Å². The largest absolute Gasteiger partial charge is 0.381 e. The summed E-state index contributed by atoms with van der Waals surface area (Å²) in [6.07, 6.45) is 2.05. The predicted molar refractivity (Wildman–Crippen MR) is 74.4 cm³/mol. The molecule has 0 aliphatic rings. The molecule has 2 heterocycles. The van der Waals surface area contributed by atoms with Gasteiger partial charge in [-0.05, 0) is 18.7 Å². The number of hydrogen-bond acceptors (Lipinski definition) is 4. The molecule has 0 radical (unpaired) electrons. The van der Waals surface area contributed by atoms with E-state index in [1.165, 1.54) is 10.9 Å². The SMILES string of the molecule is CN(Cc1cc(N)no1)Cc1c[nH]c2ccccc12. The molecular weight excluding hydrogens is 240 g/mol. The Morgan fingerprint density at radius 3 is 2.95 bits per heavy atom. The van der Waals surface area contributed by atoms with Gasteiger partial charge in [-0.1, -0.05) is 23.4 Å². The van der Waals surface area contributed by atoms with Crippen LogP contribution < -0.4 is 5.73 Å². The fraction of sp³-hybridized carbons (Fsp3) is 0.214. The average molecular weight is 256 g/mol. The van der Waals surface area contributed by atoms with Gasteiger partial charge >= 0.3 is 0 Å². The summed E-state index contributed by atoms with van der Waals surface area (Å²) in [4.78, 5) is 5.44. The molecule has 2 aromatic heterocycles. The van der Waals surface area contributed by atoms with Crippen molar-refractivity contribution in [2.45, 2.75) is 13.1 Å². The number of nitrogen functional groups attached to an aromatic ring is 1. The van der Waals surface area contributed by atoms with Gasteiger partial charge in [0.1, 0.15) is 0 Å². The number of hydrogen-bond donors (Lipinski definition) is 2. The van der Waals surface area contributed by atoms with E-state index >= 15 is 0 Å². The Bertz CT molecular complexity index is 685. The van der Waals surface area contributed by atoms with Gasteiger partial charge in [0.05, 0.1) is 6.54 Å². The van der Waals surface area contributed by atoms with Crippen molar-refractivity contribution in [3.8, 4) is 0 Å². The van der Waals surface area contributed by atoms with E-state index < -0.39 is 0 Å². The number of aromatic amines is 1. The molecule has 0 saturated heterocycles. The summed E-state index contributed by atoms with van der Waals surface area (Å²) in [5.74, 6) is 1.20. The number of rotatable bonds is 4. The van der Waals surface area contributed by atoms with Crippen LogP contribution in [0.25, 0.3) is 10.9 Å². The van der Waals surface area contributed by atoms with E-state index in [1.807, 2.05) is 13.1 Å². The van der Waals surface area contributed by atoms with Crippen LogP contribution in [0.5, 0.6) is 0 Å². The summed E-state index contributed by atoms with van der Waals surface area (Å²) in [5, 5.41) is 4.94. The van der Waals surface area contributed by atoms with Crippen molar-refractivity contribution in [2.75, 3.05) is 12.8 Å². The van der Waals surface area contributed by atoms with Crippen molar-refractivity contribution < 1.29 is 4.52 Å². The third-order valence-corrected chi connectivity index (χ3v) is 3.12. The lowest BCUT2D eigenvalue weighted by Crippen LogP contribution is -2.16. The van der Waals surface area contributed by atoms with Crippen LogP contribution in [-0.2, 0) is 13.1 Å². The Kier molecular flexibility index (Phi) is 2.97. The van der Waals surface area contributed by atoms with Crippen molar-refractivity contribution in [1.29, 1.82) is 0 Å². The van der Waals surface area contributed by atoms with E-state index in [2.05, 4.69) is 39.4 Å². The number of anilines is 1. The Balaban J connectivity index is 1.74. The quantitative estimate of drug-likeness (QED) is 0.751. The highest BCUT2D eigenvalue weighted by molar-refractivity contribution is 5.82. The highest BCUT2D eigenvalue weighted by Crippen LogP contribution is 2.19. The van der Waals surface area contributed by atoms with Crippen LogP contribution >= 0.6 is 0 Å². The smallest absolute Gasteiger partial charge is 0.167 e. The van der Waals surface area contributed by atoms with E-state index in [1.54, 1.807) is 6.07 Å². The lowest BCUT2D eigenvalue weighted by atomic mass is 10.1. The Hall–Kier alpha value is -2.27. The molecule has 0 unspecified atom stereocenters. The molecule has 0 saturated carbocycles. The van der Waals surface area contributed by atoms with E-state index in [-0.39, 0.29) is 0 Å². The molecule has 1 aromatic carbocycles. The summed E-state index contributed by atoms with van der Waals surface area (Å²) < 4.78 is 5.12. The first-order valence-corrected chi connectivity index (χ1v) is 6.17. The van der Waals surface area contributed by atoms with Crippen molar-refractivity contribution in [3.63, 3.8) is 0 Å². The van der Waals surface area contributed by atoms with E-state index in [4.69, 9.17) is 10.3 Å². The second kappa shape index (κ2) is 4.78. The number of H-pyrrole nitrogens is 1. The van der Waals surface area contributed by atoms with Gasteiger partial charge in [-0.25, -0.2) is 0 Å². The second-order valence-corrected chi connectivity index (χ2v) is 4.75. The van der Waals surface area contributed by atoms with Crippen LogP contribution in [0.4, 0.5) is 5.82 Å². The zero-order chi connectivity index (χ0) is 13.2. The first-order chi connectivity index (χ1) is 9.22. The van der Waals surface area contributed by atoms with Gasteiger partial charge in [0, 0.05) is 29.7 Å². The molecule has 3 rings (SSSR count). The average Bonchev–Trinajstić information content (AvgIpc) is 2.97. The molecule has 0 atom stereocenters. The number of nitrogens with one attached hydrogen (secondary N) is 1. The monoisotopic (exact) mass is 256 g/mol. The van der Waals surface area contributed by atoms with Crippen LogP contribution in [0.1, 0.15) is 11.3 Å². The number of aromatic nitrogens is 2. The number of benzene rings is 1. The van der Waals surface area contributed by atoms with E-state index in [9.17, 15) is 0 Å². The summed E-state index contributed by atoms with van der Waals surface area (Å²) in [6.45, 7) is 1.52. The number of fused-ring (bicyclic) bond motifs is 1. The molecule has 3 aromatic rings. The molecule has 0 aliphatic carbocycles. The molecular formula is C14H16N4O. The minimum absolute atomic E-state index is 0.426. The van der Waals surface area contributed by atoms with Crippen LogP contribution in [0.15, 0.2) is 41.1 Å². The lowest BCUT2D eigenvalue weighted by molar-refractivity contribution is 0.268. The minimum atomic E-state index is 0.426. The van der Waals surface area contributed by atoms with Gasteiger partial charge in [-0.2, -0.15) is 0 Å². The van der Waals surface area contributed by atoms with Crippen LogP contribution in [0, 0.1) is 0 Å². The van der Waals surface area contributed by atoms with Gasteiger partial charge in [0.2, 0.25) is 0 Å². The third kappa shape index (κ3) is 2.46. The fourth-order valence-electron chi connectivity index (χ4n) is 2.28. The molecule has 0 aliphatic heterocycles. The molecule has 98 valence electrons. The van der Waals surface area contributed by atoms with Crippen molar-refractivity contribution in [1.82, 2.24) is 15.0 Å². The van der Waals surface area contributed by atoms with Gasteiger partial charge in [-0.3, -0.25) is 4.90 Å². The third-order valence-electron chi connectivity index (χ3n) is 3.12. The molecule has 19 heavy (non-hydrogen) atoms. The maximum absolute atomic E-state index is 5.54. The first-order valence-electron chi connectivity index (χ1n) is 6.17. The molecule has 0 spiro atoms. The van der Waals surface area contributed by atoms with E-state index in [0.29, 0.717) is 12.4 Å². The van der Waals surface area contributed by atoms with Crippen LogP contribution in [0.2, 0.25) is 0 Å². The molecule has 0 bridgehead atoms. The van der Waals surface area contributed by atoms with Gasteiger partial charge < -0.3 is 15.2 Å². The summed E-state index contributed by atoms with van der Waals surface area (Å²) in [6, 6.07) is 10.0. The molecule has 5 heteroatoms. The minimum Gasteiger partial charge on any atom is -0.381 e. The fourth-order valence-corrected chi connectivity index (χ4v) is 2.28. The van der Waals surface area contributed by atoms with Crippen molar-refractivity contribution >= 4 is 16.7 Å². The van der Waals surface area contributed by atoms with Crippen molar-refractivity contribution in [3.05, 3.63) is 47.9 Å². The topological polar surface area (TPSA) is 71.1 Å². The molecule has 5 nitrogen and oxygen atoms in total. The summed E-state index contributed by atoms with van der Waals surface area (Å²) >= 11 is 0. The second-order valence-electron chi connectivity index (χ2n) is 4.75. The number of para-hydroxylation sites is 1. The maximum atomic E-state index is 5.54.